The van der Waals surface area contributed by atoms with E-state index < -0.39 is 10.0 Å². The van der Waals surface area contributed by atoms with Gasteiger partial charge in [0.2, 0.25) is 10.0 Å². The fourth-order valence-corrected chi connectivity index (χ4v) is 2.85. The van der Waals surface area contributed by atoms with Gasteiger partial charge in [-0.25, -0.2) is 13.1 Å². The Balaban J connectivity index is 2.31. The molecule has 0 amide bonds. The molecule has 2 rings (SSSR count). The highest BCUT2D eigenvalue weighted by atomic mass is 32.2. The summed E-state index contributed by atoms with van der Waals surface area (Å²) in [4.78, 5) is 0. The van der Waals surface area contributed by atoms with E-state index in [0.29, 0.717) is 6.54 Å². The molecule has 0 radical (unpaired) electrons. The molecule has 0 aliphatic rings. The first-order valence-corrected chi connectivity index (χ1v) is 8.30. The van der Waals surface area contributed by atoms with Crippen LogP contribution in [0.5, 0.6) is 0 Å². The molecule has 0 atom stereocenters. The summed E-state index contributed by atoms with van der Waals surface area (Å²) in [5.74, 6) is 0.102. The molecule has 4 nitrogen and oxygen atoms in total. The van der Waals surface area contributed by atoms with Crippen LogP contribution in [0.1, 0.15) is 23.9 Å². The molecule has 108 valence electrons. The lowest BCUT2D eigenvalue weighted by Crippen LogP contribution is -2.24. The van der Waals surface area contributed by atoms with Crippen molar-refractivity contribution in [2.75, 3.05) is 5.75 Å². The van der Waals surface area contributed by atoms with Gasteiger partial charge >= 0.3 is 0 Å². The van der Waals surface area contributed by atoms with Gasteiger partial charge < -0.3 is 4.57 Å². The summed E-state index contributed by atoms with van der Waals surface area (Å²) < 4.78 is 27.8. The zero-order valence-corrected chi connectivity index (χ0v) is 12.9. The summed E-state index contributed by atoms with van der Waals surface area (Å²) >= 11 is 0. The molecule has 1 heterocycles. The molecule has 0 spiro atoms. The molecule has 0 saturated heterocycles. The number of benzene rings is 1. The second-order valence-electron chi connectivity index (χ2n) is 4.79. The molecule has 1 N–H and O–H groups in total. The lowest BCUT2D eigenvalue weighted by atomic mass is 10.2. The minimum atomic E-state index is -3.16. The summed E-state index contributed by atoms with van der Waals surface area (Å²) in [6.45, 7) is 6.01. The molecular formula is C15H20N2O2S. The number of aryl methyl sites for hydroxylation is 1. The van der Waals surface area contributed by atoms with Crippen molar-refractivity contribution in [3.8, 4) is 5.69 Å². The molecule has 0 fully saturated rings. The predicted octanol–water partition coefficient (Wildman–Crippen LogP) is 2.53. The van der Waals surface area contributed by atoms with Gasteiger partial charge in [-0.3, -0.25) is 0 Å². The zero-order valence-electron chi connectivity index (χ0n) is 12.1. The summed E-state index contributed by atoms with van der Waals surface area (Å²) in [6, 6.07) is 12.1. The number of sulfonamides is 1. The van der Waals surface area contributed by atoms with Crippen molar-refractivity contribution in [2.24, 2.45) is 0 Å². The van der Waals surface area contributed by atoms with Crippen LogP contribution in [0.25, 0.3) is 5.69 Å². The van der Waals surface area contributed by atoms with E-state index in [1.807, 2.05) is 50.2 Å². The SMILES string of the molecule is CCS(=O)(=O)NCc1cc(C)n(-c2ccccc2)c1C. The molecule has 0 bridgehead atoms. The van der Waals surface area contributed by atoms with Crippen molar-refractivity contribution in [2.45, 2.75) is 27.3 Å². The third-order valence-corrected chi connectivity index (χ3v) is 4.76. The minimum Gasteiger partial charge on any atom is -0.318 e. The third kappa shape index (κ3) is 3.11. The Morgan fingerprint density at radius 2 is 1.80 bits per heavy atom. The average molecular weight is 292 g/mol. The number of hydrogen-bond acceptors (Lipinski definition) is 2. The standard InChI is InChI=1S/C15H20N2O2S/c1-4-20(18,19)16-11-14-10-12(2)17(13(14)3)15-8-6-5-7-9-15/h5-10,16H,4,11H2,1-3H3. The van der Waals surface area contributed by atoms with Crippen LogP contribution >= 0.6 is 0 Å². The maximum atomic E-state index is 11.5. The van der Waals surface area contributed by atoms with Crippen molar-refractivity contribution < 1.29 is 8.42 Å². The highest BCUT2D eigenvalue weighted by Gasteiger charge is 2.12. The number of aromatic nitrogens is 1. The Morgan fingerprint density at radius 1 is 1.15 bits per heavy atom. The van der Waals surface area contributed by atoms with Crippen molar-refractivity contribution in [3.05, 3.63) is 53.3 Å². The topological polar surface area (TPSA) is 51.1 Å². The number of rotatable bonds is 5. The normalized spacial score (nSPS) is 11.8. The van der Waals surface area contributed by atoms with Crippen LogP contribution in [0, 0.1) is 13.8 Å². The minimum absolute atomic E-state index is 0.102. The third-order valence-electron chi connectivity index (χ3n) is 3.41. The predicted molar refractivity (Wildman–Crippen MR) is 81.5 cm³/mol. The van der Waals surface area contributed by atoms with E-state index in [2.05, 4.69) is 9.29 Å². The lowest BCUT2D eigenvalue weighted by molar-refractivity contribution is 0.582. The highest BCUT2D eigenvalue weighted by molar-refractivity contribution is 7.89. The fourth-order valence-electron chi connectivity index (χ4n) is 2.27. The Labute approximate surface area is 120 Å². The van der Waals surface area contributed by atoms with Crippen LogP contribution < -0.4 is 4.72 Å². The second kappa shape index (κ2) is 5.81. The van der Waals surface area contributed by atoms with Crippen molar-refractivity contribution in [3.63, 3.8) is 0 Å². The van der Waals surface area contributed by atoms with Gasteiger partial charge in [-0.05, 0) is 44.5 Å². The van der Waals surface area contributed by atoms with Crippen molar-refractivity contribution in [1.82, 2.24) is 9.29 Å². The van der Waals surface area contributed by atoms with Crippen LogP contribution in [-0.2, 0) is 16.6 Å². The van der Waals surface area contributed by atoms with Gasteiger partial charge in [-0.2, -0.15) is 0 Å². The fraction of sp³-hybridized carbons (Fsp3) is 0.333. The second-order valence-corrected chi connectivity index (χ2v) is 6.89. The summed E-state index contributed by atoms with van der Waals surface area (Å²) in [7, 11) is -3.16. The van der Waals surface area contributed by atoms with Gasteiger partial charge in [-0.15, -0.1) is 0 Å². The van der Waals surface area contributed by atoms with Crippen LogP contribution in [0.2, 0.25) is 0 Å². The van der Waals surface area contributed by atoms with E-state index in [4.69, 9.17) is 0 Å². The molecule has 20 heavy (non-hydrogen) atoms. The molecule has 1 aromatic heterocycles. The first kappa shape index (κ1) is 14.8. The largest absolute Gasteiger partial charge is 0.318 e. The number of nitrogens with one attached hydrogen (secondary N) is 1. The molecule has 0 aliphatic carbocycles. The molecule has 1 aromatic carbocycles. The smallest absolute Gasteiger partial charge is 0.211 e. The number of nitrogens with zero attached hydrogens (tertiary/aromatic N) is 1. The first-order valence-electron chi connectivity index (χ1n) is 6.65. The van der Waals surface area contributed by atoms with Gasteiger partial charge in [0.1, 0.15) is 0 Å². The summed E-state index contributed by atoms with van der Waals surface area (Å²) in [5, 5.41) is 0. The van der Waals surface area contributed by atoms with E-state index in [9.17, 15) is 8.42 Å². The van der Waals surface area contributed by atoms with E-state index in [-0.39, 0.29) is 5.75 Å². The van der Waals surface area contributed by atoms with Crippen LogP contribution in [-0.4, -0.2) is 18.7 Å². The van der Waals surface area contributed by atoms with Gasteiger partial charge in [-0.1, -0.05) is 18.2 Å². The quantitative estimate of drug-likeness (QED) is 0.920. The Bertz CT molecular complexity index is 688. The van der Waals surface area contributed by atoms with Crippen LogP contribution in [0.3, 0.4) is 0 Å². The molecule has 0 aliphatic heterocycles. The molecule has 5 heteroatoms. The van der Waals surface area contributed by atoms with Crippen molar-refractivity contribution >= 4 is 10.0 Å². The summed E-state index contributed by atoms with van der Waals surface area (Å²) in [6.07, 6.45) is 0. The summed E-state index contributed by atoms with van der Waals surface area (Å²) in [5.41, 5.74) is 4.25. The molecular weight excluding hydrogens is 272 g/mol. The van der Waals surface area contributed by atoms with E-state index in [1.165, 1.54) is 0 Å². The van der Waals surface area contributed by atoms with E-state index >= 15 is 0 Å². The maximum absolute atomic E-state index is 11.5. The average Bonchev–Trinajstić information content (AvgIpc) is 2.72. The van der Waals surface area contributed by atoms with Crippen LogP contribution in [0.4, 0.5) is 0 Å². The van der Waals surface area contributed by atoms with Crippen molar-refractivity contribution in [1.29, 1.82) is 0 Å². The molecule has 0 saturated carbocycles. The molecule has 0 unspecified atom stereocenters. The Kier molecular flexibility index (Phi) is 4.30. The first-order chi connectivity index (χ1) is 9.44. The lowest BCUT2D eigenvalue weighted by Gasteiger charge is -2.10. The van der Waals surface area contributed by atoms with Gasteiger partial charge in [0.25, 0.3) is 0 Å². The van der Waals surface area contributed by atoms with Crippen LogP contribution in [0.15, 0.2) is 36.4 Å². The van der Waals surface area contributed by atoms with Gasteiger partial charge in [0.05, 0.1) is 5.75 Å². The number of hydrogen-bond donors (Lipinski definition) is 1. The highest BCUT2D eigenvalue weighted by Crippen LogP contribution is 2.20. The Hall–Kier alpha value is -1.59. The molecule has 2 aromatic rings. The maximum Gasteiger partial charge on any atom is 0.211 e. The monoisotopic (exact) mass is 292 g/mol. The Morgan fingerprint density at radius 3 is 2.40 bits per heavy atom. The van der Waals surface area contributed by atoms with E-state index in [0.717, 1.165) is 22.6 Å². The van der Waals surface area contributed by atoms with E-state index in [1.54, 1.807) is 6.92 Å². The van der Waals surface area contributed by atoms with Gasteiger partial charge in [0, 0.05) is 23.6 Å². The van der Waals surface area contributed by atoms with Gasteiger partial charge in [0.15, 0.2) is 0 Å². The zero-order chi connectivity index (χ0) is 14.8. The number of para-hydroxylation sites is 1.